The topological polar surface area (TPSA) is 85.1 Å². The van der Waals surface area contributed by atoms with Crippen LogP contribution in [0.25, 0.3) is 0 Å². The number of rotatable bonds is 3. The van der Waals surface area contributed by atoms with Crippen molar-refractivity contribution < 1.29 is 17.2 Å². The Morgan fingerprint density at radius 3 is 2.55 bits per heavy atom. The fraction of sp³-hybridized carbons (Fsp3) is 0.0833. The molecular formula is C12H11F2N3O2S. The van der Waals surface area contributed by atoms with Crippen LogP contribution in [0.5, 0.6) is 0 Å². The Labute approximate surface area is 114 Å². The summed E-state index contributed by atoms with van der Waals surface area (Å²) in [5.74, 6) is -1.63. The number of pyridine rings is 1. The number of nitrogen functional groups attached to an aromatic ring is 1. The Hall–Kier alpha value is -2.22. The van der Waals surface area contributed by atoms with Crippen LogP contribution < -0.4 is 10.5 Å². The van der Waals surface area contributed by atoms with Crippen molar-refractivity contribution in [2.45, 2.75) is 11.8 Å². The minimum Gasteiger partial charge on any atom is -0.399 e. The number of hydrogen-bond donors (Lipinski definition) is 2. The number of aromatic nitrogens is 1. The van der Waals surface area contributed by atoms with E-state index in [0.717, 1.165) is 24.4 Å². The second-order valence-electron chi connectivity index (χ2n) is 4.12. The summed E-state index contributed by atoms with van der Waals surface area (Å²) in [5, 5.41) is 0. The highest BCUT2D eigenvalue weighted by Crippen LogP contribution is 2.23. The molecule has 0 amide bonds. The molecule has 0 saturated carbocycles. The van der Waals surface area contributed by atoms with Crippen molar-refractivity contribution in [1.29, 1.82) is 0 Å². The smallest absolute Gasteiger partial charge is 0.266 e. The molecule has 20 heavy (non-hydrogen) atoms. The number of hydrogen-bond acceptors (Lipinski definition) is 4. The third-order valence-electron chi connectivity index (χ3n) is 2.50. The lowest BCUT2D eigenvalue weighted by Crippen LogP contribution is -2.16. The summed E-state index contributed by atoms with van der Waals surface area (Å²) >= 11 is 0. The molecule has 1 heterocycles. The summed E-state index contributed by atoms with van der Waals surface area (Å²) < 4.78 is 52.8. The molecule has 2 rings (SSSR count). The Balaban J connectivity index is 2.43. The Bertz CT molecular complexity index is 746. The van der Waals surface area contributed by atoms with Gasteiger partial charge in [-0.15, -0.1) is 0 Å². The number of benzene rings is 1. The Kier molecular flexibility index (Phi) is 3.58. The first kappa shape index (κ1) is 14.2. The third-order valence-corrected chi connectivity index (χ3v) is 3.85. The first-order valence-corrected chi connectivity index (χ1v) is 6.98. The van der Waals surface area contributed by atoms with Crippen molar-refractivity contribution in [3.8, 4) is 0 Å². The number of nitrogens with two attached hydrogens (primary N) is 1. The highest BCUT2D eigenvalue weighted by atomic mass is 32.2. The standard InChI is InChI=1S/C12H11F2N3O2S/c1-7-4-9(15)5-10(12(7)14)20(18,19)17-11-3-2-8(13)6-16-11/h2-6H,15H2,1H3,(H,16,17). The SMILES string of the molecule is Cc1cc(N)cc(S(=O)(=O)Nc2ccc(F)cn2)c1F. The molecule has 0 unspecified atom stereocenters. The second-order valence-corrected chi connectivity index (χ2v) is 5.77. The van der Waals surface area contributed by atoms with Crippen molar-refractivity contribution in [3.05, 3.63) is 47.7 Å². The molecule has 1 aromatic carbocycles. The second kappa shape index (κ2) is 5.04. The van der Waals surface area contributed by atoms with Crippen LogP contribution in [0.3, 0.4) is 0 Å². The van der Waals surface area contributed by atoms with Gasteiger partial charge in [0.15, 0.2) is 0 Å². The number of halogens is 2. The number of aryl methyl sites for hydroxylation is 1. The van der Waals surface area contributed by atoms with Gasteiger partial charge >= 0.3 is 0 Å². The van der Waals surface area contributed by atoms with E-state index in [0.29, 0.717) is 0 Å². The minimum atomic E-state index is -4.19. The predicted octanol–water partition coefficient (Wildman–Crippen LogP) is 2.05. The normalized spacial score (nSPS) is 11.3. The van der Waals surface area contributed by atoms with Gasteiger partial charge in [0.2, 0.25) is 0 Å². The van der Waals surface area contributed by atoms with E-state index in [-0.39, 0.29) is 17.1 Å². The van der Waals surface area contributed by atoms with Gasteiger partial charge < -0.3 is 5.73 Å². The van der Waals surface area contributed by atoms with Crippen molar-refractivity contribution in [3.63, 3.8) is 0 Å². The molecule has 3 N–H and O–H groups in total. The van der Waals surface area contributed by atoms with Gasteiger partial charge in [0, 0.05) is 5.69 Å². The lowest BCUT2D eigenvalue weighted by Gasteiger charge is -2.10. The molecule has 0 aliphatic rings. The molecule has 0 atom stereocenters. The molecule has 0 aliphatic carbocycles. The van der Waals surface area contributed by atoms with E-state index < -0.39 is 26.6 Å². The molecular weight excluding hydrogens is 288 g/mol. The maximum atomic E-state index is 13.9. The summed E-state index contributed by atoms with van der Waals surface area (Å²) in [4.78, 5) is 2.96. The van der Waals surface area contributed by atoms with E-state index in [2.05, 4.69) is 9.71 Å². The summed E-state index contributed by atoms with van der Waals surface area (Å²) in [5.41, 5.74) is 5.74. The monoisotopic (exact) mass is 299 g/mol. The number of nitrogens with one attached hydrogen (secondary N) is 1. The Morgan fingerprint density at radius 1 is 1.25 bits per heavy atom. The van der Waals surface area contributed by atoms with E-state index in [1.165, 1.54) is 13.0 Å². The van der Waals surface area contributed by atoms with Gasteiger partial charge in [-0.1, -0.05) is 0 Å². The van der Waals surface area contributed by atoms with Crippen LogP contribution in [0.1, 0.15) is 5.56 Å². The summed E-state index contributed by atoms with van der Waals surface area (Å²) in [6.07, 6.45) is 0.846. The lowest BCUT2D eigenvalue weighted by atomic mass is 10.2. The van der Waals surface area contributed by atoms with Crippen molar-refractivity contribution in [1.82, 2.24) is 4.98 Å². The average Bonchev–Trinajstić information content (AvgIpc) is 2.36. The molecule has 0 aliphatic heterocycles. The van der Waals surface area contributed by atoms with E-state index in [1.807, 2.05) is 0 Å². The summed E-state index contributed by atoms with van der Waals surface area (Å²) in [6.45, 7) is 1.40. The zero-order chi connectivity index (χ0) is 14.9. The first-order chi connectivity index (χ1) is 9.29. The van der Waals surface area contributed by atoms with Gasteiger partial charge in [0.25, 0.3) is 10.0 Å². The van der Waals surface area contributed by atoms with E-state index in [1.54, 1.807) is 0 Å². The third kappa shape index (κ3) is 2.85. The molecule has 2 aromatic rings. The molecule has 1 aromatic heterocycles. The van der Waals surface area contributed by atoms with Crippen molar-refractivity contribution in [2.75, 3.05) is 10.5 Å². The van der Waals surface area contributed by atoms with Crippen LogP contribution in [0.4, 0.5) is 20.3 Å². The van der Waals surface area contributed by atoms with Crippen LogP contribution in [0.15, 0.2) is 35.4 Å². The maximum Gasteiger partial charge on any atom is 0.266 e. The fourth-order valence-electron chi connectivity index (χ4n) is 1.59. The molecule has 0 radical (unpaired) electrons. The first-order valence-electron chi connectivity index (χ1n) is 5.49. The molecule has 8 heteroatoms. The van der Waals surface area contributed by atoms with Gasteiger partial charge in [-0.2, -0.15) is 0 Å². The molecule has 5 nitrogen and oxygen atoms in total. The molecule has 0 fully saturated rings. The summed E-state index contributed by atoms with van der Waals surface area (Å²) in [6, 6.07) is 4.49. The van der Waals surface area contributed by atoms with Crippen LogP contribution in [-0.2, 0) is 10.0 Å². The lowest BCUT2D eigenvalue weighted by molar-refractivity contribution is 0.565. The molecule has 0 saturated heterocycles. The summed E-state index contributed by atoms with van der Waals surface area (Å²) in [7, 11) is -4.19. The number of anilines is 2. The highest BCUT2D eigenvalue weighted by molar-refractivity contribution is 7.92. The predicted molar refractivity (Wildman–Crippen MR) is 70.6 cm³/mol. The average molecular weight is 299 g/mol. The van der Waals surface area contributed by atoms with Crippen molar-refractivity contribution >= 4 is 21.5 Å². The van der Waals surface area contributed by atoms with Crippen LogP contribution in [-0.4, -0.2) is 13.4 Å². The van der Waals surface area contributed by atoms with Crippen LogP contribution >= 0.6 is 0 Å². The number of nitrogens with zero attached hydrogens (tertiary/aromatic N) is 1. The van der Waals surface area contributed by atoms with Gasteiger partial charge in [-0.25, -0.2) is 22.2 Å². The van der Waals surface area contributed by atoms with Crippen LogP contribution in [0.2, 0.25) is 0 Å². The molecule has 0 bridgehead atoms. The zero-order valence-electron chi connectivity index (χ0n) is 10.4. The van der Waals surface area contributed by atoms with Gasteiger partial charge in [0.05, 0.1) is 6.20 Å². The van der Waals surface area contributed by atoms with E-state index in [9.17, 15) is 17.2 Å². The largest absolute Gasteiger partial charge is 0.399 e. The van der Waals surface area contributed by atoms with Crippen molar-refractivity contribution in [2.24, 2.45) is 0 Å². The quantitative estimate of drug-likeness (QED) is 0.849. The minimum absolute atomic E-state index is 0.109. The van der Waals surface area contributed by atoms with Gasteiger partial charge in [-0.05, 0) is 36.8 Å². The molecule has 106 valence electrons. The highest BCUT2D eigenvalue weighted by Gasteiger charge is 2.21. The number of sulfonamides is 1. The Morgan fingerprint density at radius 2 is 1.95 bits per heavy atom. The van der Waals surface area contributed by atoms with E-state index >= 15 is 0 Å². The zero-order valence-corrected chi connectivity index (χ0v) is 11.2. The fourth-order valence-corrected chi connectivity index (χ4v) is 2.78. The van der Waals surface area contributed by atoms with Crippen LogP contribution in [0, 0.1) is 18.6 Å². The van der Waals surface area contributed by atoms with Gasteiger partial charge in [-0.3, -0.25) is 4.72 Å². The van der Waals surface area contributed by atoms with Gasteiger partial charge in [0.1, 0.15) is 22.3 Å². The molecule has 0 spiro atoms. The van der Waals surface area contributed by atoms with E-state index in [4.69, 9.17) is 5.73 Å². The maximum absolute atomic E-state index is 13.9.